The molecule has 1 aliphatic rings. The Morgan fingerprint density at radius 3 is 2.33 bits per heavy atom. The third-order valence-electron chi connectivity index (χ3n) is 4.44. The van der Waals surface area contributed by atoms with Crippen LogP contribution in [0.5, 0.6) is 0 Å². The van der Waals surface area contributed by atoms with Crippen molar-refractivity contribution < 1.29 is 9.90 Å². The zero-order chi connectivity index (χ0) is 17.1. The molecule has 0 spiro atoms. The zero-order valence-corrected chi connectivity index (χ0v) is 14.3. The van der Waals surface area contributed by atoms with Crippen molar-refractivity contribution in [2.75, 3.05) is 39.3 Å². The maximum atomic E-state index is 12.6. The third-order valence-corrected chi connectivity index (χ3v) is 4.44. The van der Waals surface area contributed by atoms with Crippen molar-refractivity contribution in [2.24, 2.45) is 0 Å². The Bertz CT molecular complexity index is 700. The van der Waals surface area contributed by atoms with E-state index in [2.05, 4.69) is 10.00 Å². The molecule has 1 aliphatic heterocycles. The van der Waals surface area contributed by atoms with Crippen LogP contribution in [0.25, 0.3) is 5.69 Å². The summed E-state index contributed by atoms with van der Waals surface area (Å²) in [7, 11) is 0. The average Bonchev–Trinajstić information content (AvgIpc) is 2.94. The first-order valence-electron chi connectivity index (χ1n) is 8.34. The van der Waals surface area contributed by atoms with Gasteiger partial charge in [0, 0.05) is 44.0 Å². The van der Waals surface area contributed by atoms with E-state index < -0.39 is 0 Å². The second kappa shape index (κ2) is 7.15. The van der Waals surface area contributed by atoms with Crippen LogP contribution in [0.2, 0.25) is 0 Å². The number of rotatable bonds is 4. The summed E-state index contributed by atoms with van der Waals surface area (Å²) in [6.07, 6.45) is 0. The summed E-state index contributed by atoms with van der Waals surface area (Å²) in [6, 6.07) is 9.65. The monoisotopic (exact) mass is 328 g/mol. The quantitative estimate of drug-likeness (QED) is 0.917. The molecule has 0 saturated carbocycles. The van der Waals surface area contributed by atoms with Gasteiger partial charge >= 0.3 is 0 Å². The first kappa shape index (κ1) is 16.7. The third kappa shape index (κ3) is 3.49. The minimum Gasteiger partial charge on any atom is -0.395 e. The van der Waals surface area contributed by atoms with E-state index in [0.717, 1.165) is 30.2 Å². The predicted molar refractivity (Wildman–Crippen MR) is 92.5 cm³/mol. The molecule has 2 aromatic rings. The van der Waals surface area contributed by atoms with Crippen LogP contribution in [0, 0.1) is 13.8 Å². The van der Waals surface area contributed by atoms with Gasteiger partial charge in [0.25, 0.3) is 5.91 Å². The SMILES string of the molecule is Cc1cc(C)n(-c2ccc(C(=O)N3CCN(CCO)CC3)cc2)n1. The minimum atomic E-state index is 0.0681. The summed E-state index contributed by atoms with van der Waals surface area (Å²) < 4.78 is 1.89. The molecule has 24 heavy (non-hydrogen) atoms. The number of nitrogens with zero attached hydrogens (tertiary/aromatic N) is 4. The molecular formula is C18H24N4O2. The Labute approximate surface area is 142 Å². The summed E-state index contributed by atoms with van der Waals surface area (Å²) in [5, 5.41) is 13.4. The highest BCUT2D eigenvalue weighted by Gasteiger charge is 2.21. The smallest absolute Gasteiger partial charge is 0.253 e. The maximum Gasteiger partial charge on any atom is 0.253 e. The van der Waals surface area contributed by atoms with E-state index in [9.17, 15) is 4.79 Å². The normalized spacial score (nSPS) is 15.7. The molecule has 3 rings (SSSR count). The topological polar surface area (TPSA) is 61.6 Å². The number of aryl methyl sites for hydroxylation is 2. The van der Waals surface area contributed by atoms with E-state index in [1.54, 1.807) is 0 Å². The molecule has 1 fully saturated rings. The Morgan fingerprint density at radius 1 is 1.12 bits per heavy atom. The van der Waals surface area contributed by atoms with Gasteiger partial charge in [0.2, 0.25) is 0 Å². The minimum absolute atomic E-state index is 0.0681. The zero-order valence-electron chi connectivity index (χ0n) is 14.3. The van der Waals surface area contributed by atoms with Gasteiger partial charge in [-0.3, -0.25) is 9.69 Å². The number of hydrogen-bond acceptors (Lipinski definition) is 4. The largest absolute Gasteiger partial charge is 0.395 e. The molecule has 2 heterocycles. The summed E-state index contributed by atoms with van der Waals surface area (Å²) in [5.74, 6) is 0.0681. The molecule has 0 bridgehead atoms. The fourth-order valence-electron chi connectivity index (χ4n) is 3.13. The highest BCUT2D eigenvalue weighted by Crippen LogP contribution is 2.15. The standard InChI is InChI=1S/C18H24N4O2/c1-14-13-15(2)22(19-14)17-5-3-16(4-6-17)18(24)21-9-7-20(8-10-21)11-12-23/h3-6,13,23H,7-12H2,1-2H3. The van der Waals surface area contributed by atoms with Crippen LogP contribution < -0.4 is 0 Å². The molecule has 1 saturated heterocycles. The fourth-order valence-corrected chi connectivity index (χ4v) is 3.13. The highest BCUT2D eigenvalue weighted by molar-refractivity contribution is 5.94. The van der Waals surface area contributed by atoms with Crippen molar-refractivity contribution in [3.63, 3.8) is 0 Å². The van der Waals surface area contributed by atoms with Crippen LogP contribution in [-0.2, 0) is 0 Å². The number of carbonyl (C=O) groups is 1. The van der Waals surface area contributed by atoms with Crippen molar-refractivity contribution in [1.29, 1.82) is 0 Å². The lowest BCUT2D eigenvalue weighted by molar-refractivity contribution is 0.0615. The van der Waals surface area contributed by atoms with E-state index in [0.29, 0.717) is 25.2 Å². The predicted octanol–water partition coefficient (Wildman–Crippen LogP) is 1.24. The average molecular weight is 328 g/mol. The maximum absolute atomic E-state index is 12.6. The molecule has 6 nitrogen and oxygen atoms in total. The van der Waals surface area contributed by atoms with E-state index in [1.165, 1.54) is 0 Å². The van der Waals surface area contributed by atoms with Gasteiger partial charge in [-0.1, -0.05) is 0 Å². The Hall–Kier alpha value is -2.18. The van der Waals surface area contributed by atoms with E-state index in [-0.39, 0.29) is 12.5 Å². The molecule has 0 unspecified atom stereocenters. The lowest BCUT2D eigenvalue weighted by Crippen LogP contribution is -2.49. The second-order valence-electron chi connectivity index (χ2n) is 6.24. The number of piperazine rings is 1. The highest BCUT2D eigenvalue weighted by atomic mass is 16.3. The van der Waals surface area contributed by atoms with E-state index in [4.69, 9.17) is 5.11 Å². The number of benzene rings is 1. The number of aliphatic hydroxyl groups is 1. The van der Waals surface area contributed by atoms with E-state index >= 15 is 0 Å². The van der Waals surface area contributed by atoms with Crippen LogP contribution in [0.1, 0.15) is 21.7 Å². The van der Waals surface area contributed by atoms with Crippen molar-refractivity contribution in [2.45, 2.75) is 13.8 Å². The van der Waals surface area contributed by atoms with Crippen molar-refractivity contribution in [1.82, 2.24) is 19.6 Å². The molecule has 1 amide bonds. The Balaban J connectivity index is 1.67. The van der Waals surface area contributed by atoms with Gasteiger partial charge in [-0.25, -0.2) is 4.68 Å². The number of amides is 1. The molecule has 1 aromatic carbocycles. The van der Waals surface area contributed by atoms with Gasteiger partial charge in [-0.05, 0) is 44.2 Å². The molecule has 1 N–H and O–H groups in total. The molecular weight excluding hydrogens is 304 g/mol. The number of β-amino-alcohol motifs (C(OH)–C–C–N with tert-alkyl or cyclic N) is 1. The number of aliphatic hydroxyl groups excluding tert-OH is 1. The van der Waals surface area contributed by atoms with Crippen molar-refractivity contribution in [3.8, 4) is 5.69 Å². The summed E-state index contributed by atoms with van der Waals surface area (Å²) in [4.78, 5) is 16.7. The van der Waals surface area contributed by atoms with Crippen LogP contribution in [-0.4, -0.2) is 69.9 Å². The molecule has 0 atom stereocenters. The molecule has 6 heteroatoms. The van der Waals surface area contributed by atoms with Crippen LogP contribution in [0.4, 0.5) is 0 Å². The number of carbonyl (C=O) groups excluding carboxylic acids is 1. The van der Waals surface area contributed by atoms with Gasteiger partial charge in [0.15, 0.2) is 0 Å². The van der Waals surface area contributed by atoms with Crippen LogP contribution in [0.3, 0.4) is 0 Å². The first-order valence-corrected chi connectivity index (χ1v) is 8.34. The van der Waals surface area contributed by atoms with Crippen LogP contribution >= 0.6 is 0 Å². The van der Waals surface area contributed by atoms with Gasteiger partial charge in [0.1, 0.15) is 0 Å². The summed E-state index contributed by atoms with van der Waals surface area (Å²) in [6.45, 7) is 7.88. The van der Waals surface area contributed by atoms with Gasteiger partial charge in [-0.2, -0.15) is 5.10 Å². The van der Waals surface area contributed by atoms with Gasteiger partial charge in [-0.15, -0.1) is 0 Å². The number of hydrogen-bond donors (Lipinski definition) is 1. The van der Waals surface area contributed by atoms with Gasteiger partial charge in [0.05, 0.1) is 18.0 Å². The summed E-state index contributed by atoms with van der Waals surface area (Å²) in [5.41, 5.74) is 3.72. The Morgan fingerprint density at radius 2 is 1.79 bits per heavy atom. The molecule has 1 aromatic heterocycles. The Kier molecular flexibility index (Phi) is 4.97. The van der Waals surface area contributed by atoms with Crippen molar-refractivity contribution >= 4 is 5.91 Å². The molecule has 0 radical (unpaired) electrons. The summed E-state index contributed by atoms with van der Waals surface area (Å²) >= 11 is 0. The second-order valence-corrected chi connectivity index (χ2v) is 6.24. The number of aromatic nitrogens is 2. The molecule has 128 valence electrons. The van der Waals surface area contributed by atoms with Crippen molar-refractivity contribution in [3.05, 3.63) is 47.3 Å². The molecule has 0 aliphatic carbocycles. The van der Waals surface area contributed by atoms with Gasteiger partial charge < -0.3 is 10.0 Å². The van der Waals surface area contributed by atoms with E-state index in [1.807, 2.05) is 53.8 Å². The fraction of sp³-hybridized carbons (Fsp3) is 0.444. The van der Waals surface area contributed by atoms with Crippen LogP contribution in [0.15, 0.2) is 30.3 Å². The lowest BCUT2D eigenvalue weighted by atomic mass is 10.1. The lowest BCUT2D eigenvalue weighted by Gasteiger charge is -2.34. The first-order chi connectivity index (χ1) is 11.6.